The highest BCUT2D eigenvalue weighted by Crippen LogP contribution is 2.21. The van der Waals surface area contributed by atoms with Crippen molar-refractivity contribution in [2.45, 2.75) is 12.8 Å². The molecule has 0 radical (unpaired) electrons. The number of benzene rings is 2. The third-order valence-corrected chi connectivity index (χ3v) is 4.76. The average molecular weight is 456 g/mol. The SMILES string of the molecule is O=c1c(Nc2ccc(Br)cc2F)nccn1-c1ccc(CCc2nn[nH]n2)cc1. The summed E-state index contributed by atoms with van der Waals surface area (Å²) >= 11 is 3.21. The zero-order valence-corrected chi connectivity index (χ0v) is 16.6. The summed E-state index contributed by atoms with van der Waals surface area (Å²) in [4.78, 5) is 16.9. The van der Waals surface area contributed by atoms with E-state index in [1.54, 1.807) is 12.3 Å². The predicted octanol–water partition coefficient (Wildman–Crippen LogP) is 3.18. The summed E-state index contributed by atoms with van der Waals surface area (Å²) in [7, 11) is 0. The lowest BCUT2D eigenvalue weighted by atomic mass is 10.1. The lowest BCUT2D eigenvalue weighted by Crippen LogP contribution is -2.22. The standard InChI is InChI=1S/C19H15BrFN7O/c20-13-4-7-16(15(21)11-13)23-18-19(29)28(10-9-22-18)14-5-1-12(2-6-14)3-8-17-24-26-27-25-17/h1-2,4-7,9-11H,3,8H2,(H,22,23)(H,24,25,26,27). The van der Waals surface area contributed by atoms with E-state index in [2.05, 4.69) is 46.9 Å². The Morgan fingerprint density at radius 1 is 1.14 bits per heavy atom. The van der Waals surface area contributed by atoms with Crippen LogP contribution in [0.25, 0.3) is 5.69 Å². The first-order chi connectivity index (χ1) is 14.1. The molecule has 2 aromatic carbocycles. The van der Waals surface area contributed by atoms with Crippen LogP contribution in [0.3, 0.4) is 0 Å². The minimum absolute atomic E-state index is 0.0369. The molecular weight excluding hydrogens is 441 g/mol. The van der Waals surface area contributed by atoms with Crippen LogP contribution in [-0.4, -0.2) is 30.2 Å². The molecule has 0 unspecified atom stereocenters. The fourth-order valence-corrected chi connectivity index (χ4v) is 3.12. The second-order valence-electron chi connectivity index (χ2n) is 6.19. The molecule has 0 atom stereocenters. The van der Waals surface area contributed by atoms with Gasteiger partial charge < -0.3 is 5.32 Å². The van der Waals surface area contributed by atoms with Crippen molar-refractivity contribution in [3.05, 3.63) is 86.9 Å². The molecule has 0 saturated heterocycles. The molecule has 10 heteroatoms. The number of hydrogen-bond acceptors (Lipinski definition) is 6. The Hall–Kier alpha value is -3.40. The van der Waals surface area contributed by atoms with Crippen molar-refractivity contribution >= 4 is 27.4 Å². The Bertz CT molecular complexity index is 1180. The minimum atomic E-state index is -0.484. The van der Waals surface area contributed by atoms with Gasteiger partial charge in [-0.1, -0.05) is 33.3 Å². The van der Waals surface area contributed by atoms with Gasteiger partial charge in [-0.3, -0.25) is 9.36 Å². The van der Waals surface area contributed by atoms with Crippen LogP contribution >= 0.6 is 15.9 Å². The number of rotatable bonds is 6. The van der Waals surface area contributed by atoms with E-state index in [0.717, 1.165) is 12.0 Å². The summed E-state index contributed by atoms with van der Waals surface area (Å²) in [6, 6.07) is 12.1. The van der Waals surface area contributed by atoms with Crippen LogP contribution in [0.4, 0.5) is 15.9 Å². The van der Waals surface area contributed by atoms with Crippen LogP contribution in [-0.2, 0) is 12.8 Å². The Kier molecular flexibility index (Phi) is 5.43. The fourth-order valence-electron chi connectivity index (χ4n) is 2.79. The lowest BCUT2D eigenvalue weighted by Gasteiger charge is -2.10. The van der Waals surface area contributed by atoms with Crippen LogP contribution in [0, 0.1) is 5.82 Å². The summed E-state index contributed by atoms with van der Waals surface area (Å²) in [6.45, 7) is 0. The third-order valence-electron chi connectivity index (χ3n) is 4.27. The van der Waals surface area contributed by atoms with E-state index in [9.17, 15) is 9.18 Å². The molecule has 0 spiro atoms. The number of nitrogens with zero attached hydrogens (tertiary/aromatic N) is 5. The summed E-state index contributed by atoms with van der Waals surface area (Å²) in [5.41, 5.74) is 1.55. The molecule has 0 aliphatic rings. The smallest absolute Gasteiger partial charge is 0.298 e. The number of aryl methyl sites for hydroxylation is 2. The monoisotopic (exact) mass is 455 g/mol. The molecule has 2 heterocycles. The molecule has 29 heavy (non-hydrogen) atoms. The maximum Gasteiger partial charge on any atom is 0.298 e. The molecule has 0 fully saturated rings. The minimum Gasteiger partial charge on any atom is -0.333 e. The highest BCUT2D eigenvalue weighted by Gasteiger charge is 2.10. The Labute approximate surface area is 172 Å². The summed E-state index contributed by atoms with van der Waals surface area (Å²) in [5, 5.41) is 16.6. The first-order valence-electron chi connectivity index (χ1n) is 8.71. The van der Waals surface area contributed by atoms with Gasteiger partial charge in [0.1, 0.15) is 5.82 Å². The number of anilines is 2. The zero-order chi connectivity index (χ0) is 20.2. The molecule has 4 aromatic rings. The van der Waals surface area contributed by atoms with Gasteiger partial charge in [-0.05, 0) is 42.3 Å². The van der Waals surface area contributed by atoms with Crippen molar-refractivity contribution in [3.8, 4) is 5.69 Å². The van der Waals surface area contributed by atoms with Crippen molar-refractivity contribution in [3.63, 3.8) is 0 Å². The van der Waals surface area contributed by atoms with Gasteiger partial charge in [0.15, 0.2) is 11.6 Å². The van der Waals surface area contributed by atoms with Crippen LogP contribution in [0.15, 0.2) is 64.1 Å². The van der Waals surface area contributed by atoms with Gasteiger partial charge in [0, 0.05) is 29.0 Å². The van der Waals surface area contributed by atoms with Crippen LogP contribution in [0.2, 0.25) is 0 Å². The van der Waals surface area contributed by atoms with Gasteiger partial charge in [0.2, 0.25) is 0 Å². The van der Waals surface area contributed by atoms with Crippen molar-refractivity contribution in [2.24, 2.45) is 0 Å². The number of hydrogen-bond donors (Lipinski definition) is 2. The molecule has 2 aromatic heterocycles. The predicted molar refractivity (Wildman–Crippen MR) is 109 cm³/mol. The molecule has 0 aliphatic carbocycles. The van der Waals surface area contributed by atoms with E-state index >= 15 is 0 Å². The summed E-state index contributed by atoms with van der Waals surface area (Å²) < 4.78 is 16.1. The zero-order valence-electron chi connectivity index (χ0n) is 15.0. The molecule has 4 rings (SSSR count). The average Bonchev–Trinajstić information content (AvgIpc) is 3.24. The van der Waals surface area contributed by atoms with Gasteiger partial charge >= 0.3 is 0 Å². The van der Waals surface area contributed by atoms with Gasteiger partial charge in [-0.2, -0.15) is 5.21 Å². The Balaban J connectivity index is 1.54. The number of aromatic amines is 1. The van der Waals surface area contributed by atoms with Crippen LogP contribution in [0.1, 0.15) is 11.4 Å². The van der Waals surface area contributed by atoms with E-state index in [4.69, 9.17) is 0 Å². The van der Waals surface area contributed by atoms with Gasteiger partial charge in [0.05, 0.1) is 5.69 Å². The van der Waals surface area contributed by atoms with Gasteiger partial charge in [-0.25, -0.2) is 9.37 Å². The van der Waals surface area contributed by atoms with Crippen LogP contribution in [0.5, 0.6) is 0 Å². The second kappa shape index (κ2) is 8.31. The highest BCUT2D eigenvalue weighted by molar-refractivity contribution is 9.10. The molecule has 0 aliphatic heterocycles. The van der Waals surface area contributed by atoms with E-state index in [-0.39, 0.29) is 17.1 Å². The number of nitrogens with one attached hydrogen (secondary N) is 2. The summed E-state index contributed by atoms with van der Waals surface area (Å²) in [5.74, 6) is 0.201. The highest BCUT2D eigenvalue weighted by atomic mass is 79.9. The van der Waals surface area contributed by atoms with Crippen molar-refractivity contribution in [2.75, 3.05) is 5.32 Å². The largest absolute Gasteiger partial charge is 0.333 e. The first-order valence-corrected chi connectivity index (χ1v) is 9.51. The quantitative estimate of drug-likeness (QED) is 0.462. The fraction of sp³-hybridized carbons (Fsp3) is 0.105. The summed E-state index contributed by atoms with van der Waals surface area (Å²) in [6.07, 6.45) is 4.48. The number of H-pyrrole nitrogens is 1. The lowest BCUT2D eigenvalue weighted by molar-refractivity contribution is 0.631. The normalized spacial score (nSPS) is 10.8. The molecule has 0 bridgehead atoms. The van der Waals surface area contributed by atoms with Crippen molar-refractivity contribution < 1.29 is 4.39 Å². The Morgan fingerprint density at radius 3 is 2.69 bits per heavy atom. The number of aromatic nitrogens is 6. The maximum absolute atomic E-state index is 14.1. The van der Waals surface area contributed by atoms with Gasteiger partial charge in [0.25, 0.3) is 5.56 Å². The second-order valence-corrected chi connectivity index (χ2v) is 7.11. The molecule has 0 saturated carbocycles. The molecule has 2 N–H and O–H groups in total. The molecule has 0 amide bonds. The molecule has 8 nitrogen and oxygen atoms in total. The van der Waals surface area contributed by atoms with E-state index < -0.39 is 5.82 Å². The molecule has 146 valence electrons. The van der Waals surface area contributed by atoms with Gasteiger partial charge in [-0.15, -0.1) is 10.2 Å². The van der Waals surface area contributed by atoms with E-state index in [1.165, 1.54) is 22.9 Å². The van der Waals surface area contributed by atoms with Crippen molar-refractivity contribution in [1.29, 1.82) is 0 Å². The van der Waals surface area contributed by atoms with E-state index in [0.29, 0.717) is 22.4 Å². The number of halogens is 2. The molecular formula is C19H15BrFN7O. The third kappa shape index (κ3) is 4.37. The topological polar surface area (TPSA) is 101 Å². The van der Waals surface area contributed by atoms with Crippen LogP contribution < -0.4 is 10.9 Å². The van der Waals surface area contributed by atoms with E-state index in [1.807, 2.05) is 24.3 Å². The maximum atomic E-state index is 14.1. The Morgan fingerprint density at radius 2 is 1.97 bits per heavy atom. The first kappa shape index (κ1) is 18.9. The van der Waals surface area contributed by atoms with Crippen molar-refractivity contribution in [1.82, 2.24) is 30.2 Å². The number of tetrazole rings is 1.